The van der Waals surface area contributed by atoms with Gasteiger partial charge in [-0.3, -0.25) is 4.79 Å². The van der Waals surface area contributed by atoms with Crippen LogP contribution in [0.1, 0.15) is 43.5 Å². The molecular formula is C32H31Cl3N4O6S. The van der Waals surface area contributed by atoms with Gasteiger partial charge in [0.2, 0.25) is 0 Å². The molecule has 46 heavy (non-hydrogen) atoms. The van der Waals surface area contributed by atoms with Crippen molar-refractivity contribution in [3.63, 3.8) is 0 Å². The number of ether oxygens (including phenoxy) is 4. The molecule has 1 aliphatic heterocycles. The molecule has 3 aromatic carbocycles. The smallest absolute Gasteiger partial charge is 0.338 e. The van der Waals surface area contributed by atoms with Gasteiger partial charge in [-0.15, -0.1) is 0 Å². The molecule has 242 valence electrons. The lowest BCUT2D eigenvalue weighted by Gasteiger charge is -2.30. The fourth-order valence-corrected chi connectivity index (χ4v) is 5.47. The van der Waals surface area contributed by atoms with E-state index in [4.69, 9.17) is 66.0 Å². The normalized spacial score (nSPS) is 14.4. The van der Waals surface area contributed by atoms with E-state index in [1.165, 1.54) is 6.21 Å². The second kappa shape index (κ2) is 16.5. The zero-order chi connectivity index (χ0) is 33.2. The maximum absolute atomic E-state index is 12.8. The predicted molar refractivity (Wildman–Crippen MR) is 182 cm³/mol. The zero-order valence-corrected chi connectivity index (χ0v) is 28.2. The summed E-state index contributed by atoms with van der Waals surface area (Å²) in [4.78, 5) is 25.4. The van der Waals surface area contributed by atoms with E-state index in [0.29, 0.717) is 61.4 Å². The standard InChI is InChI=1S/C32H31Cl3N4O6S/c1-4-42-26-13-19(12-24(35)30(26)45-16-20-10-11-21(33)14-23(20)34)15-36-39-27(40)17-44-25-9-7-6-8-22(25)29-28(31(41)43-5-2)18(3)37-32(46)38-29/h6-15,29H,4-5,16-17H2,1-3H3,(H,39,40)(H2,37,38,46)/t29-/m0/s1. The third kappa shape index (κ3) is 9.03. The van der Waals surface area contributed by atoms with Crippen molar-refractivity contribution in [2.24, 2.45) is 5.10 Å². The first kappa shape index (κ1) is 34.8. The fraction of sp³-hybridized carbons (Fsp3) is 0.250. The summed E-state index contributed by atoms with van der Waals surface area (Å²) in [6.45, 7) is 5.66. The molecule has 0 unspecified atom stereocenters. The van der Waals surface area contributed by atoms with Gasteiger partial charge >= 0.3 is 5.97 Å². The molecule has 0 radical (unpaired) electrons. The second-order valence-corrected chi connectivity index (χ2v) is 11.4. The van der Waals surface area contributed by atoms with Crippen molar-refractivity contribution in [3.8, 4) is 17.2 Å². The van der Waals surface area contributed by atoms with Crippen LogP contribution in [0, 0.1) is 0 Å². The van der Waals surface area contributed by atoms with E-state index in [1.54, 1.807) is 68.4 Å². The Labute approximate surface area is 287 Å². The molecule has 0 saturated carbocycles. The highest BCUT2D eigenvalue weighted by atomic mass is 35.5. The van der Waals surface area contributed by atoms with Gasteiger partial charge in [0, 0.05) is 26.9 Å². The zero-order valence-electron chi connectivity index (χ0n) is 25.1. The van der Waals surface area contributed by atoms with Crippen LogP contribution < -0.4 is 30.3 Å². The van der Waals surface area contributed by atoms with Crippen molar-refractivity contribution in [2.75, 3.05) is 19.8 Å². The summed E-state index contributed by atoms with van der Waals surface area (Å²) in [6, 6.07) is 14.8. The third-order valence-electron chi connectivity index (χ3n) is 6.47. The van der Waals surface area contributed by atoms with Crippen molar-refractivity contribution in [2.45, 2.75) is 33.4 Å². The quantitative estimate of drug-likeness (QED) is 0.0792. The number of nitrogens with zero attached hydrogens (tertiary/aromatic N) is 1. The average Bonchev–Trinajstić information content (AvgIpc) is 3.00. The van der Waals surface area contributed by atoms with E-state index >= 15 is 0 Å². The number of rotatable bonds is 13. The lowest BCUT2D eigenvalue weighted by atomic mass is 9.95. The monoisotopic (exact) mass is 704 g/mol. The van der Waals surface area contributed by atoms with Gasteiger partial charge in [-0.25, -0.2) is 10.2 Å². The number of para-hydroxylation sites is 1. The first-order valence-corrected chi connectivity index (χ1v) is 15.7. The van der Waals surface area contributed by atoms with E-state index in [1.807, 2.05) is 6.92 Å². The minimum Gasteiger partial charge on any atom is -0.490 e. The molecule has 3 N–H and O–H groups in total. The molecule has 1 amide bonds. The summed E-state index contributed by atoms with van der Waals surface area (Å²) in [5, 5.41) is 11.7. The van der Waals surface area contributed by atoms with Crippen molar-refractivity contribution >= 4 is 70.2 Å². The SMILES string of the molecule is CCOC(=O)C1=C(C)NC(=S)N[C@H]1c1ccccc1OCC(=O)NN=Cc1cc(Cl)c(OCc2ccc(Cl)cc2Cl)c(OCC)c1. The van der Waals surface area contributed by atoms with Crippen molar-refractivity contribution in [1.29, 1.82) is 0 Å². The number of hydrazone groups is 1. The minimum absolute atomic E-state index is 0.142. The number of hydrogen-bond acceptors (Lipinski definition) is 8. The van der Waals surface area contributed by atoms with Crippen LogP contribution in [0.15, 0.2) is 71.0 Å². The average molecular weight is 706 g/mol. The number of thiocarbonyl (C=S) groups is 1. The summed E-state index contributed by atoms with van der Waals surface area (Å²) < 4.78 is 22.8. The molecular weight excluding hydrogens is 675 g/mol. The van der Waals surface area contributed by atoms with Crippen LogP contribution in [-0.2, 0) is 20.9 Å². The van der Waals surface area contributed by atoms with Gasteiger partial charge in [0.1, 0.15) is 12.4 Å². The Balaban J connectivity index is 1.41. The molecule has 0 spiro atoms. The molecule has 14 heteroatoms. The topological polar surface area (TPSA) is 120 Å². The summed E-state index contributed by atoms with van der Waals surface area (Å²) >= 11 is 24.1. The van der Waals surface area contributed by atoms with Crippen molar-refractivity contribution in [3.05, 3.63) is 97.6 Å². The first-order valence-electron chi connectivity index (χ1n) is 14.1. The van der Waals surface area contributed by atoms with Crippen molar-refractivity contribution < 1.29 is 28.5 Å². The Hall–Kier alpha value is -4.03. The first-order chi connectivity index (χ1) is 22.1. The fourth-order valence-electron chi connectivity index (χ4n) is 4.47. The van der Waals surface area contributed by atoms with Crippen LogP contribution >= 0.6 is 47.0 Å². The van der Waals surface area contributed by atoms with E-state index in [2.05, 4.69) is 21.2 Å². The lowest BCUT2D eigenvalue weighted by molar-refractivity contribution is -0.139. The number of hydrogen-bond donors (Lipinski definition) is 3. The summed E-state index contributed by atoms with van der Waals surface area (Å²) in [5.41, 5.74) is 5.24. The van der Waals surface area contributed by atoms with E-state index < -0.39 is 17.9 Å². The number of nitrogens with one attached hydrogen (secondary N) is 3. The Morgan fingerprint density at radius 1 is 0.978 bits per heavy atom. The number of amides is 1. The minimum atomic E-state index is -0.649. The summed E-state index contributed by atoms with van der Waals surface area (Å²) in [5.74, 6) is 0.0934. The Morgan fingerprint density at radius 2 is 1.76 bits per heavy atom. The summed E-state index contributed by atoms with van der Waals surface area (Å²) in [6.07, 6.45) is 1.42. The van der Waals surface area contributed by atoms with Gasteiger partial charge in [0.25, 0.3) is 5.91 Å². The van der Waals surface area contributed by atoms with Crippen LogP contribution in [0.5, 0.6) is 17.2 Å². The number of esters is 1. The van der Waals surface area contributed by atoms with Crippen LogP contribution in [0.25, 0.3) is 0 Å². The Bertz CT molecular complexity index is 1680. The van der Waals surface area contributed by atoms with Crippen LogP contribution in [0.2, 0.25) is 15.1 Å². The highest BCUT2D eigenvalue weighted by molar-refractivity contribution is 7.80. The number of allylic oxidation sites excluding steroid dienone is 1. The Kier molecular flexibility index (Phi) is 12.5. The molecule has 1 aliphatic rings. The van der Waals surface area contributed by atoms with Crippen LogP contribution in [0.3, 0.4) is 0 Å². The lowest BCUT2D eigenvalue weighted by Crippen LogP contribution is -2.45. The molecule has 0 bridgehead atoms. The number of carbonyl (C=O) groups excluding carboxylic acids is 2. The summed E-state index contributed by atoms with van der Waals surface area (Å²) in [7, 11) is 0. The molecule has 4 rings (SSSR count). The van der Waals surface area contributed by atoms with Gasteiger partial charge in [-0.05, 0) is 68.9 Å². The maximum Gasteiger partial charge on any atom is 0.338 e. The largest absolute Gasteiger partial charge is 0.490 e. The molecule has 0 fully saturated rings. The molecule has 1 atom stereocenters. The van der Waals surface area contributed by atoms with E-state index in [9.17, 15) is 9.59 Å². The third-order valence-corrected chi connectivity index (χ3v) is 7.56. The number of carbonyl (C=O) groups is 2. The number of benzene rings is 3. The number of halogens is 3. The van der Waals surface area contributed by atoms with Gasteiger partial charge in [-0.2, -0.15) is 5.10 Å². The van der Waals surface area contributed by atoms with Gasteiger partial charge < -0.3 is 29.6 Å². The molecule has 3 aromatic rings. The molecule has 0 aliphatic carbocycles. The highest BCUT2D eigenvalue weighted by Gasteiger charge is 2.32. The van der Waals surface area contributed by atoms with Gasteiger partial charge in [0.15, 0.2) is 23.2 Å². The maximum atomic E-state index is 12.8. The molecule has 1 heterocycles. The van der Waals surface area contributed by atoms with E-state index in [-0.39, 0.29) is 24.8 Å². The van der Waals surface area contributed by atoms with Crippen molar-refractivity contribution in [1.82, 2.24) is 16.1 Å². The van der Waals surface area contributed by atoms with E-state index in [0.717, 1.165) is 5.56 Å². The molecule has 10 nitrogen and oxygen atoms in total. The van der Waals surface area contributed by atoms with Gasteiger partial charge in [-0.1, -0.05) is 59.1 Å². The highest BCUT2D eigenvalue weighted by Crippen LogP contribution is 2.38. The predicted octanol–water partition coefficient (Wildman–Crippen LogP) is 6.51. The van der Waals surface area contributed by atoms with Crippen LogP contribution in [0.4, 0.5) is 0 Å². The molecule has 0 saturated heterocycles. The second-order valence-electron chi connectivity index (χ2n) is 9.70. The van der Waals surface area contributed by atoms with Gasteiger partial charge in [0.05, 0.1) is 36.1 Å². The Morgan fingerprint density at radius 3 is 2.50 bits per heavy atom. The molecule has 0 aromatic heterocycles. The van der Waals surface area contributed by atoms with Crippen LogP contribution in [-0.4, -0.2) is 43.0 Å².